The number of ether oxygens (including phenoxy) is 2. The van der Waals surface area contributed by atoms with Crippen molar-refractivity contribution in [1.82, 2.24) is 0 Å². The van der Waals surface area contributed by atoms with Crippen molar-refractivity contribution in [2.45, 2.75) is 19.8 Å². The van der Waals surface area contributed by atoms with Gasteiger partial charge in [-0.25, -0.2) is 0 Å². The molecule has 1 aromatic carbocycles. The molecule has 0 aliphatic carbocycles. The first-order chi connectivity index (χ1) is 7.69. The van der Waals surface area contributed by atoms with Crippen molar-refractivity contribution in [3.8, 4) is 11.5 Å². The molecule has 0 amide bonds. The smallest absolute Gasteiger partial charge is 0.298 e. The highest BCUT2D eigenvalue weighted by Crippen LogP contribution is 2.36. The Balaban J connectivity index is 2.80. The van der Waals surface area contributed by atoms with Gasteiger partial charge in [-0.2, -0.15) is 0 Å². The standard InChI is InChI=1S/C11H12Cl2O3/c1-2-3-4-15-11-9(12)5-8(16-7-14)6-10(11)13/h5-7H,2-4H2,1H3. The first kappa shape index (κ1) is 13.1. The van der Waals surface area contributed by atoms with E-state index in [1.807, 2.05) is 0 Å². The van der Waals surface area contributed by atoms with Crippen molar-refractivity contribution >= 4 is 29.7 Å². The van der Waals surface area contributed by atoms with Crippen LogP contribution in [-0.4, -0.2) is 13.1 Å². The van der Waals surface area contributed by atoms with Crippen LogP contribution in [0.1, 0.15) is 19.8 Å². The van der Waals surface area contributed by atoms with Gasteiger partial charge >= 0.3 is 0 Å². The number of unbranched alkanes of at least 4 members (excludes halogenated alkanes) is 1. The minimum Gasteiger partial charge on any atom is -0.490 e. The minimum absolute atomic E-state index is 0.299. The van der Waals surface area contributed by atoms with E-state index in [2.05, 4.69) is 11.7 Å². The summed E-state index contributed by atoms with van der Waals surface area (Å²) >= 11 is 11.9. The van der Waals surface area contributed by atoms with E-state index in [1.165, 1.54) is 12.1 Å². The van der Waals surface area contributed by atoms with Crippen LogP contribution in [0.3, 0.4) is 0 Å². The zero-order chi connectivity index (χ0) is 12.0. The summed E-state index contributed by atoms with van der Waals surface area (Å²) in [6.07, 6.45) is 1.96. The fourth-order valence-electron chi connectivity index (χ4n) is 1.12. The highest BCUT2D eigenvalue weighted by molar-refractivity contribution is 6.37. The lowest BCUT2D eigenvalue weighted by atomic mass is 10.3. The second kappa shape index (κ2) is 6.61. The summed E-state index contributed by atoms with van der Waals surface area (Å²) in [5, 5.41) is 0.668. The third kappa shape index (κ3) is 3.58. The molecule has 1 rings (SSSR count). The Morgan fingerprint density at radius 1 is 1.31 bits per heavy atom. The van der Waals surface area contributed by atoms with Crippen LogP contribution in [0.25, 0.3) is 0 Å². The molecule has 0 aliphatic heterocycles. The van der Waals surface area contributed by atoms with Crippen molar-refractivity contribution in [2.75, 3.05) is 6.61 Å². The van der Waals surface area contributed by atoms with E-state index in [4.69, 9.17) is 27.9 Å². The Morgan fingerprint density at radius 2 is 1.94 bits per heavy atom. The number of hydrogen-bond acceptors (Lipinski definition) is 3. The maximum Gasteiger partial charge on any atom is 0.298 e. The molecule has 0 saturated heterocycles. The average molecular weight is 263 g/mol. The second-order valence-electron chi connectivity index (χ2n) is 3.13. The van der Waals surface area contributed by atoms with Gasteiger partial charge in [0.1, 0.15) is 5.75 Å². The Hall–Kier alpha value is -0.930. The van der Waals surface area contributed by atoms with Gasteiger partial charge in [-0.1, -0.05) is 36.5 Å². The summed E-state index contributed by atoms with van der Waals surface area (Å²) < 4.78 is 10.1. The first-order valence-corrected chi connectivity index (χ1v) is 5.66. The lowest BCUT2D eigenvalue weighted by Gasteiger charge is -2.10. The predicted molar refractivity (Wildman–Crippen MR) is 63.6 cm³/mol. The molecule has 0 N–H and O–H groups in total. The van der Waals surface area contributed by atoms with Crippen LogP contribution in [0.5, 0.6) is 11.5 Å². The number of hydrogen-bond donors (Lipinski definition) is 0. The molecule has 0 heterocycles. The third-order valence-corrected chi connectivity index (χ3v) is 2.46. The van der Waals surface area contributed by atoms with Gasteiger partial charge in [-0.15, -0.1) is 0 Å². The molecule has 0 atom stereocenters. The van der Waals surface area contributed by atoms with Crippen LogP contribution in [0, 0.1) is 0 Å². The molecule has 0 fully saturated rings. The predicted octanol–water partition coefficient (Wildman–Crippen LogP) is 3.71. The fourth-order valence-corrected chi connectivity index (χ4v) is 1.69. The number of carbonyl (C=O) groups excluding carboxylic acids is 1. The number of carbonyl (C=O) groups is 1. The van der Waals surface area contributed by atoms with Crippen LogP contribution in [0.4, 0.5) is 0 Å². The van der Waals surface area contributed by atoms with Gasteiger partial charge in [0.05, 0.1) is 16.7 Å². The Labute approximate surface area is 104 Å². The monoisotopic (exact) mass is 262 g/mol. The van der Waals surface area contributed by atoms with Crippen molar-refractivity contribution in [2.24, 2.45) is 0 Å². The number of benzene rings is 1. The van der Waals surface area contributed by atoms with Crippen molar-refractivity contribution in [3.05, 3.63) is 22.2 Å². The number of rotatable bonds is 6. The highest BCUT2D eigenvalue weighted by atomic mass is 35.5. The lowest BCUT2D eigenvalue weighted by Crippen LogP contribution is -1.98. The third-order valence-electron chi connectivity index (χ3n) is 1.90. The molecule has 0 unspecified atom stereocenters. The molecule has 5 heteroatoms. The van der Waals surface area contributed by atoms with Gasteiger partial charge in [0.25, 0.3) is 6.47 Å². The zero-order valence-corrected chi connectivity index (χ0v) is 10.3. The topological polar surface area (TPSA) is 35.5 Å². The summed E-state index contributed by atoms with van der Waals surface area (Å²) in [6, 6.07) is 2.98. The molecule has 16 heavy (non-hydrogen) atoms. The SMILES string of the molecule is CCCCOc1c(Cl)cc(OC=O)cc1Cl. The molecular weight excluding hydrogens is 251 g/mol. The molecule has 3 nitrogen and oxygen atoms in total. The summed E-state index contributed by atoms with van der Waals surface area (Å²) in [6.45, 7) is 2.94. The van der Waals surface area contributed by atoms with Crippen molar-refractivity contribution < 1.29 is 14.3 Å². The normalized spacial score (nSPS) is 9.94. The van der Waals surface area contributed by atoms with Crippen molar-refractivity contribution in [3.63, 3.8) is 0 Å². The quantitative estimate of drug-likeness (QED) is 0.579. The Bertz CT molecular complexity index is 343. The van der Waals surface area contributed by atoms with E-state index in [-0.39, 0.29) is 0 Å². The van der Waals surface area contributed by atoms with Crippen LogP contribution in [0.15, 0.2) is 12.1 Å². The number of halogens is 2. The van der Waals surface area contributed by atoms with E-state index in [0.717, 1.165) is 12.8 Å². The van der Waals surface area contributed by atoms with Gasteiger partial charge in [0.2, 0.25) is 0 Å². The molecule has 88 valence electrons. The van der Waals surface area contributed by atoms with E-state index in [0.29, 0.717) is 34.6 Å². The van der Waals surface area contributed by atoms with E-state index >= 15 is 0 Å². The molecule has 0 bridgehead atoms. The average Bonchev–Trinajstić information content (AvgIpc) is 2.23. The van der Waals surface area contributed by atoms with Gasteiger partial charge in [0.15, 0.2) is 5.75 Å². The maximum atomic E-state index is 10.2. The molecule has 0 radical (unpaired) electrons. The molecular formula is C11H12Cl2O3. The largest absolute Gasteiger partial charge is 0.490 e. The van der Waals surface area contributed by atoms with Crippen LogP contribution in [0.2, 0.25) is 10.0 Å². The van der Waals surface area contributed by atoms with Crippen LogP contribution < -0.4 is 9.47 Å². The van der Waals surface area contributed by atoms with Gasteiger partial charge < -0.3 is 9.47 Å². The van der Waals surface area contributed by atoms with E-state index in [9.17, 15) is 4.79 Å². The van der Waals surface area contributed by atoms with Crippen LogP contribution >= 0.6 is 23.2 Å². The summed E-state index contributed by atoms with van der Waals surface area (Å²) in [4.78, 5) is 10.2. The minimum atomic E-state index is 0.299. The van der Waals surface area contributed by atoms with Gasteiger partial charge in [-0.05, 0) is 6.42 Å². The van der Waals surface area contributed by atoms with Crippen LogP contribution in [-0.2, 0) is 4.79 Å². The fraction of sp³-hybridized carbons (Fsp3) is 0.364. The summed E-state index contributed by atoms with van der Waals surface area (Å²) in [5.74, 6) is 0.725. The molecule has 0 spiro atoms. The van der Waals surface area contributed by atoms with E-state index in [1.54, 1.807) is 0 Å². The molecule has 1 aromatic rings. The Kier molecular flexibility index (Phi) is 5.43. The molecule has 0 aliphatic rings. The van der Waals surface area contributed by atoms with Gasteiger partial charge in [-0.3, -0.25) is 4.79 Å². The van der Waals surface area contributed by atoms with Crippen molar-refractivity contribution in [1.29, 1.82) is 0 Å². The molecule has 0 aromatic heterocycles. The second-order valence-corrected chi connectivity index (χ2v) is 3.95. The maximum absolute atomic E-state index is 10.2. The summed E-state index contributed by atoms with van der Waals surface area (Å²) in [7, 11) is 0. The Morgan fingerprint density at radius 3 is 2.44 bits per heavy atom. The molecule has 0 saturated carbocycles. The van der Waals surface area contributed by atoms with E-state index < -0.39 is 0 Å². The zero-order valence-electron chi connectivity index (χ0n) is 8.83. The lowest BCUT2D eigenvalue weighted by molar-refractivity contribution is -0.120. The highest BCUT2D eigenvalue weighted by Gasteiger charge is 2.10. The van der Waals surface area contributed by atoms with Gasteiger partial charge in [0, 0.05) is 12.1 Å². The first-order valence-electron chi connectivity index (χ1n) is 4.91. The summed E-state index contributed by atoms with van der Waals surface area (Å²) in [5.41, 5.74) is 0.